The Hall–Kier alpha value is -2.37. The Balaban J connectivity index is 2.55. The van der Waals surface area contributed by atoms with E-state index in [2.05, 4.69) is 10.2 Å². The molecule has 0 bridgehead atoms. The van der Waals surface area contributed by atoms with Gasteiger partial charge in [-0.05, 0) is 19.9 Å². The van der Waals surface area contributed by atoms with Gasteiger partial charge in [-0.1, -0.05) is 0 Å². The van der Waals surface area contributed by atoms with E-state index in [1.807, 2.05) is 19.9 Å². The number of nitrogen functional groups attached to an aromatic ring is 1. The van der Waals surface area contributed by atoms with E-state index in [-0.39, 0.29) is 6.10 Å². The molecule has 0 atom stereocenters. The van der Waals surface area contributed by atoms with Crippen molar-refractivity contribution in [3.8, 4) is 28.4 Å². The average molecular weight is 277 g/mol. The molecule has 6 nitrogen and oxygen atoms in total. The molecule has 1 aromatic heterocycles. The van der Waals surface area contributed by atoms with Gasteiger partial charge in [0.05, 0.1) is 26.5 Å². The van der Waals surface area contributed by atoms with Crippen LogP contribution in [0.3, 0.4) is 0 Å². The standard InChI is InChI=1S/C14H19N3O3/c1-8(2)20-13-6-11(18-3)9(5-12(13)19-4)10-7-16-17-14(10)15/h5-8H,1-4H3,(H3,15,16,17). The molecule has 0 saturated heterocycles. The van der Waals surface area contributed by atoms with E-state index in [1.165, 1.54) is 0 Å². The van der Waals surface area contributed by atoms with Gasteiger partial charge in [0.2, 0.25) is 0 Å². The molecule has 1 heterocycles. The van der Waals surface area contributed by atoms with Crippen molar-refractivity contribution >= 4 is 5.82 Å². The highest BCUT2D eigenvalue weighted by Gasteiger charge is 2.17. The monoisotopic (exact) mass is 277 g/mol. The second-order valence-corrected chi connectivity index (χ2v) is 4.57. The number of ether oxygens (including phenoxy) is 3. The fourth-order valence-electron chi connectivity index (χ4n) is 1.94. The smallest absolute Gasteiger partial charge is 0.165 e. The van der Waals surface area contributed by atoms with Crippen LogP contribution in [0.4, 0.5) is 5.82 Å². The molecule has 0 saturated carbocycles. The number of H-pyrrole nitrogens is 1. The first-order chi connectivity index (χ1) is 9.56. The lowest BCUT2D eigenvalue weighted by molar-refractivity contribution is 0.229. The lowest BCUT2D eigenvalue weighted by Gasteiger charge is -2.17. The molecule has 0 fully saturated rings. The van der Waals surface area contributed by atoms with Crippen LogP contribution in [0.1, 0.15) is 13.8 Å². The molecule has 20 heavy (non-hydrogen) atoms. The molecule has 2 aromatic rings. The molecule has 0 unspecified atom stereocenters. The van der Waals surface area contributed by atoms with E-state index in [0.29, 0.717) is 23.1 Å². The first-order valence-electron chi connectivity index (χ1n) is 6.28. The molecule has 0 amide bonds. The van der Waals surface area contributed by atoms with Crippen LogP contribution in [0, 0.1) is 0 Å². The number of anilines is 1. The summed E-state index contributed by atoms with van der Waals surface area (Å²) >= 11 is 0. The minimum atomic E-state index is 0.0402. The van der Waals surface area contributed by atoms with Crippen molar-refractivity contribution in [1.29, 1.82) is 0 Å². The molecular weight excluding hydrogens is 258 g/mol. The molecule has 0 aliphatic heterocycles. The molecule has 108 valence electrons. The topological polar surface area (TPSA) is 82.4 Å². The molecule has 0 aliphatic rings. The zero-order valence-corrected chi connectivity index (χ0v) is 12.1. The van der Waals surface area contributed by atoms with E-state index in [0.717, 1.165) is 11.1 Å². The summed E-state index contributed by atoms with van der Waals surface area (Å²) in [5.41, 5.74) is 7.42. The summed E-state index contributed by atoms with van der Waals surface area (Å²) < 4.78 is 16.5. The maximum absolute atomic E-state index is 5.86. The van der Waals surface area contributed by atoms with Gasteiger partial charge in [-0.3, -0.25) is 5.10 Å². The van der Waals surface area contributed by atoms with Crippen LogP contribution in [-0.4, -0.2) is 30.5 Å². The van der Waals surface area contributed by atoms with Crippen LogP contribution in [0.15, 0.2) is 18.3 Å². The fourth-order valence-corrected chi connectivity index (χ4v) is 1.94. The van der Waals surface area contributed by atoms with Gasteiger partial charge in [-0.2, -0.15) is 5.10 Å². The number of hydrogen-bond acceptors (Lipinski definition) is 5. The lowest BCUT2D eigenvalue weighted by atomic mass is 10.1. The molecule has 2 rings (SSSR count). The average Bonchev–Trinajstić information content (AvgIpc) is 2.83. The number of nitrogens with one attached hydrogen (secondary N) is 1. The summed E-state index contributed by atoms with van der Waals surface area (Å²) in [7, 11) is 3.19. The SMILES string of the molecule is COc1cc(-c2cn[nH]c2N)c(OC)cc1OC(C)C. The Morgan fingerprint density at radius 2 is 1.75 bits per heavy atom. The molecule has 1 aromatic carbocycles. The van der Waals surface area contributed by atoms with Gasteiger partial charge in [0.25, 0.3) is 0 Å². The van der Waals surface area contributed by atoms with Crippen molar-refractivity contribution in [1.82, 2.24) is 10.2 Å². The number of rotatable bonds is 5. The first kappa shape index (κ1) is 14.0. The summed E-state index contributed by atoms with van der Waals surface area (Å²) in [6.45, 7) is 3.90. The van der Waals surface area contributed by atoms with E-state index in [4.69, 9.17) is 19.9 Å². The van der Waals surface area contributed by atoms with Crippen molar-refractivity contribution in [3.63, 3.8) is 0 Å². The third-order valence-electron chi connectivity index (χ3n) is 2.81. The van der Waals surface area contributed by atoms with Crippen LogP contribution in [0.5, 0.6) is 17.2 Å². The number of methoxy groups -OCH3 is 2. The van der Waals surface area contributed by atoms with Crippen LogP contribution < -0.4 is 19.9 Å². The lowest BCUT2D eigenvalue weighted by Crippen LogP contribution is -2.07. The molecular formula is C14H19N3O3. The highest BCUT2D eigenvalue weighted by Crippen LogP contribution is 2.41. The van der Waals surface area contributed by atoms with Crippen LogP contribution in [-0.2, 0) is 0 Å². The fraction of sp³-hybridized carbons (Fsp3) is 0.357. The molecule has 0 aliphatic carbocycles. The Morgan fingerprint density at radius 1 is 1.05 bits per heavy atom. The van der Waals surface area contributed by atoms with E-state index < -0.39 is 0 Å². The quantitative estimate of drug-likeness (QED) is 0.877. The normalized spacial score (nSPS) is 10.7. The van der Waals surface area contributed by atoms with Crippen LogP contribution in [0.25, 0.3) is 11.1 Å². The second kappa shape index (κ2) is 5.73. The van der Waals surface area contributed by atoms with E-state index in [9.17, 15) is 0 Å². The largest absolute Gasteiger partial charge is 0.496 e. The van der Waals surface area contributed by atoms with Gasteiger partial charge in [-0.25, -0.2) is 0 Å². The Kier molecular flexibility index (Phi) is 4.02. The molecule has 3 N–H and O–H groups in total. The minimum absolute atomic E-state index is 0.0402. The van der Waals surface area contributed by atoms with Gasteiger partial charge in [0.15, 0.2) is 11.5 Å². The summed E-state index contributed by atoms with van der Waals surface area (Å²) in [5, 5.41) is 6.63. The summed E-state index contributed by atoms with van der Waals surface area (Å²) in [6, 6.07) is 3.62. The zero-order chi connectivity index (χ0) is 14.7. The predicted octanol–water partition coefficient (Wildman–Crippen LogP) is 2.46. The molecule has 6 heteroatoms. The van der Waals surface area contributed by atoms with Crippen LogP contribution in [0.2, 0.25) is 0 Å². The first-order valence-corrected chi connectivity index (χ1v) is 6.28. The molecule has 0 spiro atoms. The van der Waals surface area contributed by atoms with Gasteiger partial charge in [0.1, 0.15) is 11.6 Å². The summed E-state index contributed by atoms with van der Waals surface area (Å²) in [6.07, 6.45) is 1.69. The Labute approximate surface area is 117 Å². The van der Waals surface area contributed by atoms with Crippen molar-refractivity contribution in [2.75, 3.05) is 20.0 Å². The number of nitrogens with zero attached hydrogens (tertiary/aromatic N) is 1. The Bertz CT molecular complexity index is 593. The number of hydrogen-bond donors (Lipinski definition) is 2. The third kappa shape index (κ3) is 2.64. The number of benzene rings is 1. The molecule has 0 radical (unpaired) electrons. The van der Waals surface area contributed by atoms with E-state index in [1.54, 1.807) is 26.5 Å². The van der Waals surface area contributed by atoms with Gasteiger partial charge in [0, 0.05) is 17.2 Å². The number of aromatic amines is 1. The van der Waals surface area contributed by atoms with Crippen LogP contribution >= 0.6 is 0 Å². The van der Waals surface area contributed by atoms with E-state index >= 15 is 0 Å². The zero-order valence-electron chi connectivity index (χ0n) is 12.1. The minimum Gasteiger partial charge on any atom is -0.496 e. The number of aromatic nitrogens is 2. The highest BCUT2D eigenvalue weighted by atomic mass is 16.5. The second-order valence-electron chi connectivity index (χ2n) is 4.57. The summed E-state index contributed by atoms with van der Waals surface area (Å²) in [5.74, 6) is 2.37. The maximum atomic E-state index is 5.86. The number of nitrogens with two attached hydrogens (primary N) is 1. The van der Waals surface area contributed by atoms with Crippen molar-refractivity contribution in [3.05, 3.63) is 18.3 Å². The summed E-state index contributed by atoms with van der Waals surface area (Å²) in [4.78, 5) is 0. The van der Waals surface area contributed by atoms with Crippen molar-refractivity contribution in [2.45, 2.75) is 20.0 Å². The van der Waals surface area contributed by atoms with Gasteiger partial charge >= 0.3 is 0 Å². The predicted molar refractivity (Wildman–Crippen MR) is 77.3 cm³/mol. The third-order valence-corrected chi connectivity index (χ3v) is 2.81. The maximum Gasteiger partial charge on any atom is 0.165 e. The van der Waals surface area contributed by atoms with Gasteiger partial charge < -0.3 is 19.9 Å². The van der Waals surface area contributed by atoms with Crippen molar-refractivity contribution in [2.24, 2.45) is 0 Å². The van der Waals surface area contributed by atoms with Gasteiger partial charge in [-0.15, -0.1) is 0 Å². The highest BCUT2D eigenvalue weighted by molar-refractivity contribution is 5.80. The van der Waals surface area contributed by atoms with Crippen molar-refractivity contribution < 1.29 is 14.2 Å². The Morgan fingerprint density at radius 3 is 2.25 bits per heavy atom.